The molecule has 0 aromatic carbocycles. The van der Waals surface area contributed by atoms with E-state index >= 15 is 0 Å². The zero-order valence-corrected chi connectivity index (χ0v) is 12.1. The predicted molar refractivity (Wildman–Crippen MR) is 73.4 cm³/mol. The van der Waals surface area contributed by atoms with Crippen LogP contribution in [0.3, 0.4) is 0 Å². The van der Waals surface area contributed by atoms with Gasteiger partial charge < -0.3 is 4.42 Å². The van der Waals surface area contributed by atoms with E-state index in [0.29, 0.717) is 16.0 Å². The maximum Gasteiger partial charge on any atom is 0.271 e. The summed E-state index contributed by atoms with van der Waals surface area (Å²) in [7, 11) is 0. The molecule has 2 heterocycles. The number of nitrogens with one attached hydrogen (secondary N) is 1. The molecule has 0 radical (unpaired) electrons. The molecule has 0 unspecified atom stereocenters. The zero-order chi connectivity index (χ0) is 13.0. The largest absolute Gasteiger partial charge is 0.447 e. The highest BCUT2D eigenvalue weighted by Gasteiger charge is 2.04. The number of aromatic nitrogens is 1. The number of nitrogens with zero attached hydrogens (tertiary/aromatic N) is 2. The van der Waals surface area contributed by atoms with Crippen molar-refractivity contribution in [1.29, 1.82) is 0 Å². The molecule has 0 saturated carbocycles. The third kappa shape index (κ3) is 3.27. The lowest BCUT2D eigenvalue weighted by Crippen LogP contribution is -2.17. The Hall–Kier alpha value is -1.47. The number of pyridine rings is 1. The summed E-state index contributed by atoms with van der Waals surface area (Å²) < 4.78 is 6.62. The summed E-state index contributed by atoms with van der Waals surface area (Å²) in [5.74, 6) is 0.210. The van der Waals surface area contributed by atoms with Crippen LogP contribution < -0.4 is 5.43 Å². The SMILES string of the molecule is O=C(N/N=C\c1cc(Br)c(Br)o1)c1ccncc1. The molecular formula is C11H7Br2N3O2. The normalized spacial score (nSPS) is 10.8. The van der Waals surface area contributed by atoms with Crippen LogP contribution >= 0.6 is 31.9 Å². The summed E-state index contributed by atoms with van der Waals surface area (Å²) in [5, 5.41) is 3.79. The Morgan fingerprint density at radius 3 is 2.72 bits per heavy atom. The molecule has 2 aromatic heterocycles. The van der Waals surface area contributed by atoms with E-state index in [4.69, 9.17) is 4.42 Å². The minimum absolute atomic E-state index is 0.307. The van der Waals surface area contributed by atoms with Gasteiger partial charge in [-0.25, -0.2) is 5.43 Å². The van der Waals surface area contributed by atoms with Gasteiger partial charge in [0, 0.05) is 24.0 Å². The van der Waals surface area contributed by atoms with Gasteiger partial charge in [0.05, 0.1) is 10.7 Å². The maximum absolute atomic E-state index is 11.6. The third-order valence-electron chi connectivity index (χ3n) is 1.96. The molecule has 0 saturated heterocycles. The van der Waals surface area contributed by atoms with Crippen molar-refractivity contribution in [1.82, 2.24) is 10.4 Å². The van der Waals surface area contributed by atoms with Gasteiger partial charge in [-0.05, 0) is 44.0 Å². The molecule has 5 nitrogen and oxygen atoms in total. The molecule has 0 aliphatic carbocycles. The van der Waals surface area contributed by atoms with Crippen LogP contribution in [0.5, 0.6) is 0 Å². The number of carbonyl (C=O) groups excluding carboxylic acids is 1. The van der Waals surface area contributed by atoms with Crippen LogP contribution in [0.4, 0.5) is 0 Å². The lowest BCUT2D eigenvalue weighted by Gasteiger charge is -1.97. The Kier molecular flexibility index (Phi) is 4.27. The number of hydrazone groups is 1. The van der Waals surface area contributed by atoms with Crippen molar-refractivity contribution < 1.29 is 9.21 Å². The second-order valence-electron chi connectivity index (χ2n) is 3.21. The molecule has 7 heteroatoms. The van der Waals surface area contributed by atoms with Gasteiger partial charge in [0.15, 0.2) is 4.67 Å². The van der Waals surface area contributed by atoms with Crippen LogP contribution in [0.15, 0.2) is 49.3 Å². The van der Waals surface area contributed by atoms with Crippen LogP contribution in [-0.2, 0) is 0 Å². The van der Waals surface area contributed by atoms with Crippen LogP contribution in [0.25, 0.3) is 0 Å². The molecule has 0 bridgehead atoms. The van der Waals surface area contributed by atoms with Gasteiger partial charge in [-0.3, -0.25) is 9.78 Å². The number of halogens is 2. The lowest BCUT2D eigenvalue weighted by atomic mass is 10.3. The standard InChI is InChI=1S/C11H7Br2N3O2/c12-9-5-8(18-10(9)13)6-15-16-11(17)7-1-3-14-4-2-7/h1-6H,(H,16,17)/b15-6-. The van der Waals surface area contributed by atoms with Crippen molar-refractivity contribution in [3.05, 3.63) is 51.1 Å². The predicted octanol–water partition coefficient (Wildman–Crippen LogP) is 2.96. The highest BCUT2D eigenvalue weighted by molar-refractivity contribution is 9.13. The molecule has 2 aromatic rings. The van der Waals surface area contributed by atoms with Crippen molar-refractivity contribution in [2.45, 2.75) is 0 Å². The Morgan fingerprint density at radius 2 is 2.11 bits per heavy atom. The lowest BCUT2D eigenvalue weighted by molar-refractivity contribution is 0.0955. The molecule has 0 aliphatic rings. The molecule has 1 amide bonds. The van der Waals surface area contributed by atoms with Crippen LogP contribution in [0, 0.1) is 0 Å². The second-order valence-corrected chi connectivity index (χ2v) is 4.78. The summed E-state index contributed by atoms with van der Waals surface area (Å²) in [6.45, 7) is 0. The van der Waals surface area contributed by atoms with Gasteiger partial charge >= 0.3 is 0 Å². The number of amides is 1. The summed E-state index contributed by atoms with van der Waals surface area (Å²) in [6.07, 6.45) is 4.49. The number of rotatable bonds is 3. The average Bonchev–Trinajstić information content (AvgIpc) is 2.69. The first-order valence-corrected chi connectivity index (χ1v) is 6.43. The Labute approximate surface area is 120 Å². The number of hydrogen-bond donors (Lipinski definition) is 1. The Morgan fingerprint density at radius 1 is 1.39 bits per heavy atom. The van der Waals surface area contributed by atoms with E-state index in [0.717, 1.165) is 4.47 Å². The number of hydrogen-bond acceptors (Lipinski definition) is 4. The van der Waals surface area contributed by atoms with Gasteiger partial charge in [0.25, 0.3) is 5.91 Å². The molecule has 92 valence electrons. The van der Waals surface area contributed by atoms with Crippen LogP contribution in [0.2, 0.25) is 0 Å². The van der Waals surface area contributed by atoms with Crippen molar-refractivity contribution in [3.8, 4) is 0 Å². The number of furan rings is 1. The third-order valence-corrected chi connectivity index (χ3v) is 3.67. The Bertz CT molecular complexity index is 562. The van der Waals surface area contributed by atoms with Gasteiger partial charge in [-0.2, -0.15) is 5.10 Å². The summed E-state index contributed by atoms with van der Waals surface area (Å²) in [4.78, 5) is 15.4. The topological polar surface area (TPSA) is 67.5 Å². The van der Waals surface area contributed by atoms with Crippen molar-refractivity contribution in [2.24, 2.45) is 5.10 Å². The monoisotopic (exact) mass is 371 g/mol. The maximum atomic E-state index is 11.6. The van der Waals surface area contributed by atoms with Gasteiger partial charge in [0.1, 0.15) is 5.76 Å². The van der Waals surface area contributed by atoms with Gasteiger partial charge in [0.2, 0.25) is 0 Å². The minimum Gasteiger partial charge on any atom is -0.447 e. The summed E-state index contributed by atoms with van der Waals surface area (Å²) in [5.41, 5.74) is 2.88. The molecular weight excluding hydrogens is 366 g/mol. The highest BCUT2D eigenvalue weighted by Crippen LogP contribution is 2.25. The number of carbonyl (C=O) groups is 1. The van der Waals surface area contributed by atoms with E-state index < -0.39 is 0 Å². The van der Waals surface area contributed by atoms with E-state index in [9.17, 15) is 4.79 Å². The van der Waals surface area contributed by atoms with Crippen molar-refractivity contribution in [2.75, 3.05) is 0 Å². The van der Waals surface area contributed by atoms with E-state index in [-0.39, 0.29) is 5.91 Å². The van der Waals surface area contributed by atoms with Crippen LogP contribution in [-0.4, -0.2) is 17.1 Å². The van der Waals surface area contributed by atoms with Crippen LogP contribution in [0.1, 0.15) is 16.1 Å². The highest BCUT2D eigenvalue weighted by atomic mass is 79.9. The van der Waals surface area contributed by atoms with E-state index in [1.807, 2.05) is 0 Å². The first-order chi connectivity index (χ1) is 8.66. The average molecular weight is 373 g/mol. The molecule has 1 N–H and O–H groups in total. The summed E-state index contributed by atoms with van der Waals surface area (Å²) in [6, 6.07) is 4.93. The fraction of sp³-hybridized carbons (Fsp3) is 0. The fourth-order valence-electron chi connectivity index (χ4n) is 1.15. The molecule has 2 rings (SSSR count). The Balaban J connectivity index is 1.98. The molecule has 18 heavy (non-hydrogen) atoms. The van der Waals surface area contributed by atoms with Gasteiger partial charge in [-0.1, -0.05) is 0 Å². The first kappa shape index (κ1) is 13.0. The second kappa shape index (κ2) is 5.92. The molecule has 0 atom stereocenters. The molecule has 0 fully saturated rings. The zero-order valence-electron chi connectivity index (χ0n) is 8.93. The first-order valence-electron chi connectivity index (χ1n) is 4.85. The van der Waals surface area contributed by atoms with Gasteiger partial charge in [-0.15, -0.1) is 0 Å². The summed E-state index contributed by atoms with van der Waals surface area (Å²) >= 11 is 6.48. The quantitative estimate of drug-likeness (QED) is 0.665. The van der Waals surface area contributed by atoms with E-state index in [1.165, 1.54) is 6.21 Å². The molecule has 0 spiro atoms. The smallest absolute Gasteiger partial charge is 0.271 e. The van der Waals surface area contributed by atoms with E-state index in [1.54, 1.807) is 30.6 Å². The molecule has 0 aliphatic heterocycles. The van der Waals surface area contributed by atoms with Crippen molar-refractivity contribution in [3.63, 3.8) is 0 Å². The minimum atomic E-state index is -0.307. The van der Waals surface area contributed by atoms with E-state index in [2.05, 4.69) is 47.4 Å². The fourth-order valence-corrected chi connectivity index (χ4v) is 1.76. The van der Waals surface area contributed by atoms with Crippen molar-refractivity contribution >= 4 is 44.0 Å².